The van der Waals surface area contributed by atoms with Crippen LogP contribution in [0.1, 0.15) is 45.7 Å². The monoisotopic (exact) mass is 326 g/mol. The Morgan fingerprint density at radius 2 is 1.12 bits per heavy atom. The highest BCUT2D eigenvalue weighted by molar-refractivity contribution is 5.93. The molecule has 4 heteroatoms. The summed E-state index contributed by atoms with van der Waals surface area (Å²) in [6, 6.07) is 11.2. The zero-order chi connectivity index (χ0) is 17.7. The zero-order valence-electron chi connectivity index (χ0n) is 14.5. The predicted molar refractivity (Wildman–Crippen MR) is 93.3 cm³/mol. The molecule has 0 N–H and O–H groups in total. The Labute approximate surface area is 142 Å². The molecule has 2 rings (SSSR count). The molecular weight excluding hydrogens is 304 g/mol. The van der Waals surface area contributed by atoms with Gasteiger partial charge in [0.25, 0.3) is 0 Å². The maximum atomic E-state index is 11.9. The van der Waals surface area contributed by atoms with Gasteiger partial charge in [0, 0.05) is 0 Å². The number of rotatable bonds is 5. The molecule has 0 radical (unpaired) electrons. The van der Waals surface area contributed by atoms with Crippen LogP contribution in [0.25, 0.3) is 11.1 Å². The summed E-state index contributed by atoms with van der Waals surface area (Å²) in [5.41, 5.74) is 4.83. The quantitative estimate of drug-likeness (QED) is 0.768. The normalized spacial score (nSPS) is 10.3. The van der Waals surface area contributed by atoms with E-state index in [4.69, 9.17) is 9.47 Å². The molecular formula is C20H22O4. The SMILES string of the molecule is CCOC(=O)c1ccc(-c2ccc(C(=O)OCC)c(C)c2)cc1C. The molecule has 0 fully saturated rings. The van der Waals surface area contributed by atoms with Gasteiger partial charge in [0.15, 0.2) is 0 Å². The first-order valence-corrected chi connectivity index (χ1v) is 8.03. The highest BCUT2D eigenvalue weighted by Gasteiger charge is 2.13. The van der Waals surface area contributed by atoms with Gasteiger partial charge in [0.1, 0.15) is 0 Å². The summed E-state index contributed by atoms with van der Waals surface area (Å²) in [4.78, 5) is 23.7. The van der Waals surface area contributed by atoms with Gasteiger partial charge < -0.3 is 9.47 Å². The summed E-state index contributed by atoms with van der Waals surface area (Å²) in [5.74, 6) is -0.620. The summed E-state index contributed by atoms with van der Waals surface area (Å²) < 4.78 is 10.1. The van der Waals surface area contributed by atoms with Crippen LogP contribution >= 0.6 is 0 Å². The Kier molecular flexibility index (Phi) is 5.74. The minimum atomic E-state index is -0.310. The molecule has 0 aliphatic heterocycles. The van der Waals surface area contributed by atoms with Crippen LogP contribution in [0, 0.1) is 13.8 Å². The van der Waals surface area contributed by atoms with Gasteiger partial charge in [-0.05, 0) is 62.1 Å². The van der Waals surface area contributed by atoms with Gasteiger partial charge >= 0.3 is 11.9 Å². The van der Waals surface area contributed by atoms with E-state index in [-0.39, 0.29) is 11.9 Å². The van der Waals surface area contributed by atoms with Crippen LogP contribution in [0.2, 0.25) is 0 Å². The predicted octanol–water partition coefficient (Wildman–Crippen LogP) is 4.32. The van der Waals surface area contributed by atoms with E-state index < -0.39 is 0 Å². The molecule has 0 amide bonds. The minimum Gasteiger partial charge on any atom is -0.462 e. The Bertz CT molecular complexity index is 697. The number of ether oxygens (including phenoxy) is 2. The Hall–Kier alpha value is -2.62. The largest absolute Gasteiger partial charge is 0.462 e. The average Bonchev–Trinajstić information content (AvgIpc) is 2.54. The van der Waals surface area contributed by atoms with Crippen molar-refractivity contribution in [1.29, 1.82) is 0 Å². The zero-order valence-corrected chi connectivity index (χ0v) is 14.5. The van der Waals surface area contributed by atoms with Gasteiger partial charge in [0.2, 0.25) is 0 Å². The lowest BCUT2D eigenvalue weighted by molar-refractivity contribution is 0.0515. The molecule has 24 heavy (non-hydrogen) atoms. The fourth-order valence-corrected chi connectivity index (χ4v) is 2.56. The van der Waals surface area contributed by atoms with E-state index in [0.717, 1.165) is 22.3 Å². The Balaban J connectivity index is 2.32. The summed E-state index contributed by atoms with van der Waals surface area (Å²) in [5, 5.41) is 0. The Morgan fingerprint density at radius 3 is 1.42 bits per heavy atom. The van der Waals surface area contributed by atoms with Crippen LogP contribution in [0.5, 0.6) is 0 Å². The first-order valence-electron chi connectivity index (χ1n) is 8.03. The molecule has 2 aromatic carbocycles. The lowest BCUT2D eigenvalue weighted by atomic mass is 9.97. The molecule has 126 valence electrons. The van der Waals surface area contributed by atoms with Crippen molar-refractivity contribution in [2.45, 2.75) is 27.7 Å². The van der Waals surface area contributed by atoms with Gasteiger partial charge in [-0.2, -0.15) is 0 Å². The van der Waals surface area contributed by atoms with Crippen molar-refractivity contribution >= 4 is 11.9 Å². The molecule has 0 heterocycles. The smallest absolute Gasteiger partial charge is 0.338 e. The van der Waals surface area contributed by atoms with E-state index in [9.17, 15) is 9.59 Å². The molecule has 0 spiro atoms. The second kappa shape index (κ2) is 7.77. The summed E-state index contributed by atoms with van der Waals surface area (Å²) in [6.45, 7) is 8.05. The van der Waals surface area contributed by atoms with E-state index >= 15 is 0 Å². The summed E-state index contributed by atoms with van der Waals surface area (Å²) in [7, 11) is 0. The Morgan fingerprint density at radius 1 is 0.750 bits per heavy atom. The highest BCUT2D eigenvalue weighted by atomic mass is 16.5. The molecule has 2 aromatic rings. The fourth-order valence-electron chi connectivity index (χ4n) is 2.56. The van der Waals surface area contributed by atoms with Crippen molar-refractivity contribution in [3.63, 3.8) is 0 Å². The second-order valence-electron chi connectivity index (χ2n) is 5.50. The third-order valence-electron chi connectivity index (χ3n) is 3.78. The van der Waals surface area contributed by atoms with Crippen LogP contribution in [0.3, 0.4) is 0 Å². The van der Waals surface area contributed by atoms with E-state index in [1.165, 1.54) is 0 Å². The first kappa shape index (κ1) is 17.7. The molecule has 0 aliphatic rings. The van der Waals surface area contributed by atoms with Gasteiger partial charge in [-0.15, -0.1) is 0 Å². The van der Waals surface area contributed by atoms with Crippen LogP contribution in [-0.4, -0.2) is 25.2 Å². The van der Waals surface area contributed by atoms with Crippen LogP contribution in [-0.2, 0) is 9.47 Å². The topological polar surface area (TPSA) is 52.6 Å². The standard InChI is InChI=1S/C20H22O4/c1-5-23-19(21)17-9-7-15(11-13(17)3)16-8-10-18(14(4)12-16)20(22)24-6-2/h7-12H,5-6H2,1-4H3. The summed E-state index contributed by atoms with van der Waals surface area (Å²) in [6.07, 6.45) is 0. The maximum Gasteiger partial charge on any atom is 0.338 e. The van der Waals surface area contributed by atoms with E-state index in [2.05, 4.69) is 0 Å². The van der Waals surface area contributed by atoms with Crippen LogP contribution < -0.4 is 0 Å². The number of aryl methyl sites for hydroxylation is 2. The molecule has 4 nitrogen and oxygen atoms in total. The van der Waals surface area contributed by atoms with Gasteiger partial charge in [-0.1, -0.05) is 24.3 Å². The second-order valence-corrected chi connectivity index (χ2v) is 5.50. The van der Waals surface area contributed by atoms with E-state index in [0.29, 0.717) is 24.3 Å². The highest BCUT2D eigenvalue weighted by Crippen LogP contribution is 2.25. The van der Waals surface area contributed by atoms with Crippen molar-refractivity contribution in [1.82, 2.24) is 0 Å². The van der Waals surface area contributed by atoms with Crippen molar-refractivity contribution < 1.29 is 19.1 Å². The molecule has 0 unspecified atom stereocenters. The van der Waals surface area contributed by atoms with E-state index in [1.807, 2.05) is 38.1 Å². The number of carbonyl (C=O) groups excluding carboxylic acids is 2. The maximum absolute atomic E-state index is 11.9. The third kappa shape index (κ3) is 3.82. The van der Waals surface area contributed by atoms with Crippen LogP contribution in [0.15, 0.2) is 36.4 Å². The first-order chi connectivity index (χ1) is 11.5. The molecule has 0 saturated carbocycles. The molecule has 0 aliphatic carbocycles. The van der Waals surface area contributed by atoms with Crippen LogP contribution in [0.4, 0.5) is 0 Å². The molecule has 0 atom stereocenters. The lowest BCUT2D eigenvalue weighted by Crippen LogP contribution is -2.07. The van der Waals surface area contributed by atoms with Crippen molar-refractivity contribution in [3.05, 3.63) is 58.7 Å². The molecule has 0 saturated heterocycles. The lowest BCUT2D eigenvalue weighted by Gasteiger charge is -2.11. The number of hydrogen-bond acceptors (Lipinski definition) is 4. The molecule has 0 bridgehead atoms. The summed E-state index contributed by atoms with van der Waals surface area (Å²) >= 11 is 0. The average molecular weight is 326 g/mol. The van der Waals surface area contributed by atoms with Gasteiger partial charge in [-0.3, -0.25) is 0 Å². The number of esters is 2. The molecule has 0 aromatic heterocycles. The van der Waals surface area contributed by atoms with Gasteiger partial charge in [-0.25, -0.2) is 9.59 Å². The fraction of sp³-hybridized carbons (Fsp3) is 0.300. The van der Waals surface area contributed by atoms with E-state index in [1.54, 1.807) is 26.0 Å². The number of benzene rings is 2. The van der Waals surface area contributed by atoms with Crippen molar-refractivity contribution in [2.24, 2.45) is 0 Å². The number of carbonyl (C=O) groups is 2. The van der Waals surface area contributed by atoms with Gasteiger partial charge in [0.05, 0.1) is 24.3 Å². The third-order valence-corrected chi connectivity index (χ3v) is 3.78. The van der Waals surface area contributed by atoms with Crippen molar-refractivity contribution in [3.8, 4) is 11.1 Å². The van der Waals surface area contributed by atoms with Crippen molar-refractivity contribution in [2.75, 3.05) is 13.2 Å². The number of hydrogen-bond donors (Lipinski definition) is 0. The minimum absolute atomic E-state index is 0.310.